The van der Waals surface area contributed by atoms with Crippen LogP contribution >= 0.6 is 11.3 Å². The van der Waals surface area contributed by atoms with Crippen LogP contribution < -0.4 is 0 Å². The Hall–Kier alpha value is -2.41. The van der Waals surface area contributed by atoms with Gasteiger partial charge in [0.25, 0.3) is 0 Å². The Kier molecular flexibility index (Phi) is 2.90. The summed E-state index contributed by atoms with van der Waals surface area (Å²) in [5, 5.41) is 15.4. The van der Waals surface area contributed by atoms with Crippen LogP contribution in [0.2, 0.25) is 0 Å². The van der Waals surface area contributed by atoms with E-state index in [9.17, 15) is 9.90 Å². The summed E-state index contributed by atoms with van der Waals surface area (Å²) in [6, 6.07) is 5.46. The van der Waals surface area contributed by atoms with Gasteiger partial charge in [0.2, 0.25) is 5.89 Å². The largest absolute Gasteiger partial charge is 0.476 e. The maximum Gasteiger partial charge on any atom is 0.358 e. The molecule has 0 radical (unpaired) electrons. The summed E-state index contributed by atoms with van der Waals surface area (Å²) in [4.78, 5) is 16.2. The third-order valence-corrected chi connectivity index (χ3v) is 3.65. The highest BCUT2D eigenvalue weighted by Crippen LogP contribution is 2.32. The number of aromatic carboxylic acids is 1. The molecule has 3 aromatic heterocycles. The second-order valence-corrected chi connectivity index (χ2v) is 5.22. The minimum atomic E-state index is -1.12. The third-order valence-electron chi connectivity index (χ3n) is 2.80. The zero-order chi connectivity index (χ0) is 14.3. The number of oxazole rings is 1. The molecule has 0 aliphatic carbocycles. The van der Waals surface area contributed by atoms with E-state index in [4.69, 9.17) is 4.42 Å². The van der Waals surface area contributed by atoms with Crippen LogP contribution in [0.25, 0.3) is 22.2 Å². The Bertz CT molecular complexity index is 771. The van der Waals surface area contributed by atoms with Crippen LogP contribution in [0.5, 0.6) is 0 Å². The number of aromatic nitrogens is 3. The molecule has 0 bridgehead atoms. The number of carboxylic acids is 1. The van der Waals surface area contributed by atoms with Crippen molar-refractivity contribution in [3.8, 4) is 22.2 Å². The predicted molar refractivity (Wildman–Crippen MR) is 73.7 cm³/mol. The molecule has 0 saturated heterocycles. The van der Waals surface area contributed by atoms with Gasteiger partial charge in [0.1, 0.15) is 5.69 Å². The summed E-state index contributed by atoms with van der Waals surface area (Å²) in [7, 11) is 1.74. The molecule has 0 amide bonds. The summed E-state index contributed by atoms with van der Waals surface area (Å²) >= 11 is 1.44. The van der Waals surface area contributed by atoms with E-state index < -0.39 is 5.97 Å². The van der Waals surface area contributed by atoms with E-state index in [0.29, 0.717) is 11.6 Å². The summed E-state index contributed by atoms with van der Waals surface area (Å²) in [5.74, 6) is -0.583. The zero-order valence-corrected chi connectivity index (χ0v) is 11.6. The molecular formula is C13H11N3O3S. The Balaban J connectivity index is 2.19. The van der Waals surface area contributed by atoms with E-state index in [-0.39, 0.29) is 11.5 Å². The Morgan fingerprint density at radius 1 is 1.50 bits per heavy atom. The minimum Gasteiger partial charge on any atom is -0.476 e. The van der Waals surface area contributed by atoms with Gasteiger partial charge in [-0.05, 0) is 24.4 Å². The van der Waals surface area contributed by atoms with Gasteiger partial charge in [0.05, 0.1) is 10.6 Å². The molecule has 0 spiro atoms. The lowest BCUT2D eigenvalue weighted by atomic mass is 10.2. The number of carboxylic acid groups (broad SMARTS) is 1. The molecular weight excluding hydrogens is 278 g/mol. The van der Waals surface area contributed by atoms with Gasteiger partial charge < -0.3 is 9.52 Å². The summed E-state index contributed by atoms with van der Waals surface area (Å²) < 4.78 is 7.24. The Morgan fingerprint density at radius 2 is 2.30 bits per heavy atom. The van der Waals surface area contributed by atoms with Crippen LogP contribution in [0.1, 0.15) is 16.2 Å². The average Bonchev–Trinajstić information content (AvgIpc) is 3.07. The van der Waals surface area contributed by atoms with E-state index in [2.05, 4.69) is 10.1 Å². The monoisotopic (exact) mass is 289 g/mol. The second kappa shape index (κ2) is 4.61. The van der Waals surface area contributed by atoms with Crippen molar-refractivity contribution < 1.29 is 14.3 Å². The van der Waals surface area contributed by atoms with Gasteiger partial charge >= 0.3 is 5.97 Å². The van der Waals surface area contributed by atoms with Crippen LogP contribution in [0.3, 0.4) is 0 Å². The van der Waals surface area contributed by atoms with Crippen molar-refractivity contribution in [2.45, 2.75) is 6.92 Å². The predicted octanol–water partition coefficient (Wildman–Crippen LogP) is 2.81. The molecule has 102 valence electrons. The van der Waals surface area contributed by atoms with Crippen molar-refractivity contribution in [2.24, 2.45) is 7.05 Å². The maximum absolute atomic E-state index is 11.3. The van der Waals surface area contributed by atoms with E-state index >= 15 is 0 Å². The molecule has 6 nitrogen and oxygen atoms in total. The second-order valence-electron chi connectivity index (χ2n) is 4.27. The van der Waals surface area contributed by atoms with Gasteiger partial charge in [-0.25, -0.2) is 9.78 Å². The lowest BCUT2D eigenvalue weighted by Crippen LogP contribution is -2.01. The normalized spacial score (nSPS) is 10.9. The van der Waals surface area contributed by atoms with Crippen LogP contribution in [0.15, 0.2) is 28.0 Å². The number of hydrogen-bond donors (Lipinski definition) is 1. The van der Waals surface area contributed by atoms with Gasteiger partial charge in [0.15, 0.2) is 11.5 Å². The standard InChI is InChI=1S/C13H11N3O3S/c1-7-6-8(16(2)15-7)11-10(13(17)18)14-12(19-11)9-4-3-5-20-9/h3-6H,1-2H3,(H,17,18). The SMILES string of the molecule is Cc1cc(-c2oc(-c3cccs3)nc2C(=O)O)n(C)n1. The third kappa shape index (κ3) is 2.01. The van der Waals surface area contributed by atoms with E-state index in [1.807, 2.05) is 24.4 Å². The van der Waals surface area contributed by atoms with Crippen molar-refractivity contribution in [1.82, 2.24) is 14.8 Å². The fourth-order valence-corrected chi connectivity index (χ4v) is 2.62. The molecule has 3 rings (SSSR count). The maximum atomic E-state index is 11.3. The van der Waals surface area contributed by atoms with Gasteiger partial charge in [-0.3, -0.25) is 4.68 Å². The van der Waals surface area contributed by atoms with Crippen LogP contribution in [0.4, 0.5) is 0 Å². The summed E-state index contributed by atoms with van der Waals surface area (Å²) in [5.41, 5.74) is 1.28. The molecule has 0 unspecified atom stereocenters. The smallest absolute Gasteiger partial charge is 0.358 e. The fraction of sp³-hybridized carbons (Fsp3) is 0.154. The van der Waals surface area contributed by atoms with Gasteiger partial charge in [-0.2, -0.15) is 5.10 Å². The quantitative estimate of drug-likeness (QED) is 0.801. The summed E-state index contributed by atoms with van der Waals surface area (Å²) in [6.45, 7) is 1.83. The first-order valence-corrected chi connectivity index (χ1v) is 6.73. The molecule has 0 aromatic carbocycles. The summed E-state index contributed by atoms with van der Waals surface area (Å²) in [6.07, 6.45) is 0. The average molecular weight is 289 g/mol. The zero-order valence-electron chi connectivity index (χ0n) is 10.8. The lowest BCUT2D eigenvalue weighted by Gasteiger charge is -1.97. The number of carbonyl (C=O) groups is 1. The van der Waals surface area contributed by atoms with Gasteiger partial charge in [0, 0.05) is 7.05 Å². The number of thiophene rings is 1. The molecule has 7 heteroatoms. The number of rotatable bonds is 3. The molecule has 1 N–H and O–H groups in total. The molecule has 0 fully saturated rings. The van der Waals surface area contributed by atoms with Crippen molar-refractivity contribution in [3.05, 3.63) is 35.0 Å². The van der Waals surface area contributed by atoms with Gasteiger partial charge in [-0.15, -0.1) is 11.3 Å². The lowest BCUT2D eigenvalue weighted by molar-refractivity contribution is 0.0691. The van der Waals surface area contributed by atoms with Crippen molar-refractivity contribution in [3.63, 3.8) is 0 Å². The van der Waals surface area contributed by atoms with Crippen molar-refractivity contribution >= 4 is 17.3 Å². The molecule has 0 aliphatic heterocycles. The van der Waals surface area contributed by atoms with E-state index in [0.717, 1.165) is 10.6 Å². The number of aryl methyl sites for hydroxylation is 2. The highest BCUT2D eigenvalue weighted by atomic mass is 32.1. The van der Waals surface area contributed by atoms with Crippen molar-refractivity contribution in [2.75, 3.05) is 0 Å². The first-order valence-electron chi connectivity index (χ1n) is 5.85. The molecule has 20 heavy (non-hydrogen) atoms. The van der Waals surface area contributed by atoms with E-state index in [1.165, 1.54) is 11.3 Å². The molecule has 0 aliphatic rings. The topological polar surface area (TPSA) is 81.1 Å². The van der Waals surface area contributed by atoms with Crippen LogP contribution in [0, 0.1) is 6.92 Å². The fourth-order valence-electron chi connectivity index (χ4n) is 1.97. The highest BCUT2D eigenvalue weighted by Gasteiger charge is 2.24. The van der Waals surface area contributed by atoms with Crippen LogP contribution in [-0.2, 0) is 7.05 Å². The molecule has 0 atom stereocenters. The molecule has 3 heterocycles. The van der Waals surface area contributed by atoms with E-state index in [1.54, 1.807) is 17.8 Å². The number of hydrogen-bond acceptors (Lipinski definition) is 5. The first-order chi connectivity index (χ1) is 9.56. The highest BCUT2D eigenvalue weighted by molar-refractivity contribution is 7.13. The van der Waals surface area contributed by atoms with Gasteiger partial charge in [-0.1, -0.05) is 6.07 Å². The molecule has 0 saturated carbocycles. The Labute approximate surface area is 118 Å². The number of nitrogens with zero attached hydrogens (tertiary/aromatic N) is 3. The minimum absolute atomic E-state index is 0.101. The Morgan fingerprint density at radius 3 is 2.85 bits per heavy atom. The van der Waals surface area contributed by atoms with Crippen molar-refractivity contribution in [1.29, 1.82) is 0 Å². The van der Waals surface area contributed by atoms with Crippen LogP contribution in [-0.4, -0.2) is 25.8 Å². The molecule has 3 aromatic rings. The first kappa shape index (κ1) is 12.6.